The zero-order valence-electron chi connectivity index (χ0n) is 11.0. The number of hydrogen-bond acceptors (Lipinski definition) is 5. The van der Waals surface area contributed by atoms with Gasteiger partial charge in [0, 0.05) is 6.42 Å². The second-order valence-corrected chi connectivity index (χ2v) is 6.00. The van der Waals surface area contributed by atoms with E-state index in [1.165, 1.54) is 0 Å². The van der Waals surface area contributed by atoms with Crippen LogP contribution in [0.3, 0.4) is 0 Å². The van der Waals surface area contributed by atoms with E-state index in [0.717, 1.165) is 5.56 Å². The fourth-order valence-corrected chi connectivity index (χ4v) is 1.80. The molecule has 0 aromatic heterocycles. The van der Waals surface area contributed by atoms with Crippen molar-refractivity contribution in [1.82, 2.24) is 0 Å². The summed E-state index contributed by atoms with van der Waals surface area (Å²) in [5, 5.41) is 3.31. The molecule has 0 radical (unpaired) electrons. The van der Waals surface area contributed by atoms with E-state index >= 15 is 0 Å². The Morgan fingerprint density at radius 2 is 1.85 bits per heavy atom. The lowest BCUT2D eigenvalue weighted by Crippen LogP contribution is -2.25. The van der Waals surface area contributed by atoms with Crippen LogP contribution in [0.25, 0.3) is 0 Å². The molecule has 20 heavy (non-hydrogen) atoms. The molecule has 0 saturated carbocycles. The van der Waals surface area contributed by atoms with E-state index in [1.54, 1.807) is 20.3 Å². The van der Waals surface area contributed by atoms with Gasteiger partial charge in [0.05, 0.1) is 20.8 Å². The molecule has 0 amide bonds. The summed E-state index contributed by atoms with van der Waals surface area (Å²) in [5.41, 5.74) is 0.975. The topological polar surface area (TPSA) is 66.1 Å². The van der Waals surface area contributed by atoms with Gasteiger partial charge in [0.1, 0.15) is 0 Å². The normalized spacial score (nSPS) is 12.2. The first-order valence-electron chi connectivity index (χ1n) is 5.61. The maximum atomic E-state index is 5.63. The first kappa shape index (κ1) is 17.0. The maximum Gasteiger partial charge on any atom is 0.267 e. The minimum absolute atomic E-state index is 0.150. The van der Waals surface area contributed by atoms with Gasteiger partial charge in [0.25, 0.3) is 9.69 Å². The van der Waals surface area contributed by atoms with Crippen molar-refractivity contribution in [3.63, 3.8) is 0 Å². The second-order valence-electron chi connectivity index (χ2n) is 3.72. The summed E-state index contributed by atoms with van der Waals surface area (Å²) in [6.45, 7) is 0.263. The van der Waals surface area contributed by atoms with Gasteiger partial charge in [0.15, 0.2) is 11.5 Å². The summed E-state index contributed by atoms with van der Waals surface area (Å²) < 4.78 is 13.8. The summed E-state index contributed by atoms with van der Waals surface area (Å²) in [6.07, 6.45) is 0.570. The molecule has 1 aromatic rings. The Labute approximate surface area is 132 Å². The molecular formula is C12H15Cl3N2O3. The summed E-state index contributed by atoms with van der Waals surface area (Å²) in [5.74, 6) is 6.24. The molecule has 0 aliphatic heterocycles. The van der Waals surface area contributed by atoms with Crippen molar-refractivity contribution >= 4 is 40.7 Å². The Morgan fingerprint density at radius 3 is 2.35 bits per heavy atom. The van der Waals surface area contributed by atoms with Crippen molar-refractivity contribution in [1.29, 1.82) is 0 Å². The van der Waals surface area contributed by atoms with Crippen molar-refractivity contribution in [2.24, 2.45) is 10.9 Å². The molecule has 0 unspecified atom stereocenters. The smallest absolute Gasteiger partial charge is 0.267 e. The van der Waals surface area contributed by atoms with E-state index in [4.69, 9.17) is 54.9 Å². The van der Waals surface area contributed by atoms with Crippen molar-refractivity contribution in [3.8, 4) is 11.5 Å². The SMILES string of the molecule is COc1ccc(CCOC(=NN)C(Cl)(Cl)Cl)cc1OC. The van der Waals surface area contributed by atoms with Gasteiger partial charge in [-0.1, -0.05) is 40.9 Å². The molecule has 112 valence electrons. The van der Waals surface area contributed by atoms with Gasteiger partial charge in [-0.2, -0.15) is 0 Å². The maximum absolute atomic E-state index is 5.63. The third kappa shape index (κ3) is 4.81. The predicted octanol–water partition coefficient (Wildman–Crippen LogP) is 2.91. The molecule has 0 bridgehead atoms. The number of benzene rings is 1. The van der Waals surface area contributed by atoms with Gasteiger partial charge < -0.3 is 20.1 Å². The van der Waals surface area contributed by atoms with Crippen LogP contribution in [-0.2, 0) is 11.2 Å². The largest absolute Gasteiger partial charge is 0.493 e. The number of methoxy groups -OCH3 is 2. The van der Waals surface area contributed by atoms with Gasteiger partial charge in [-0.05, 0) is 17.7 Å². The van der Waals surface area contributed by atoms with Gasteiger partial charge in [-0.15, -0.1) is 5.10 Å². The van der Waals surface area contributed by atoms with Gasteiger partial charge in [0.2, 0.25) is 0 Å². The molecule has 0 atom stereocenters. The van der Waals surface area contributed by atoms with Crippen LogP contribution in [0.15, 0.2) is 23.3 Å². The van der Waals surface area contributed by atoms with Crippen molar-refractivity contribution < 1.29 is 14.2 Å². The number of rotatable bonds is 5. The molecule has 0 saturated heterocycles. The van der Waals surface area contributed by atoms with Gasteiger partial charge in [-0.25, -0.2) is 0 Å². The number of alkyl halides is 3. The highest BCUT2D eigenvalue weighted by molar-refractivity contribution is 6.76. The van der Waals surface area contributed by atoms with Crippen LogP contribution in [0.4, 0.5) is 0 Å². The van der Waals surface area contributed by atoms with Crippen LogP contribution in [-0.4, -0.2) is 30.5 Å². The second kappa shape index (κ2) is 7.67. The van der Waals surface area contributed by atoms with Gasteiger partial charge in [-0.3, -0.25) is 0 Å². The zero-order valence-corrected chi connectivity index (χ0v) is 13.3. The molecule has 0 aliphatic rings. The lowest BCUT2D eigenvalue weighted by Gasteiger charge is -2.15. The minimum Gasteiger partial charge on any atom is -0.493 e. The van der Waals surface area contributed by atoms with Gasteiger partial charge >= 0.3 is 0 Å². The fraction of sp³-hybridized carbons (Fsp3) is 0.417. The minimum atomic E-state index is -1.77. The molecule has 8 heteroatoms. The lowest BCUT2D eigenvalue weighted by molar-refractivity contribution is 0.301. The number of nitrogens with two attached hydrogens (primary N) is 1. The van der Waals surface area contributed by atoms with E-state index in [1.807, 2.05) is 12.1 Å². The molecule has 0 spiro atoms. The van der Waals surface area contributed by atoms with E-state index in [0.29, 0.717) is 17.9 Å². The monoisotopic (exact) mass is 340 g/mol. The van der Waals surface area contributed by atoms with E-state index < -0.39 is 3.79 Å². The zero-order chi connectivity index (χ0) is 15.2. The third-order valence-electron chi connectivity index (χ3n) is 2.44. The van der Waals surface area contributed by atoms with Crippen LogP contribution in [0, 0.1) is 0 Å². The van der Waals surface area contributed by atoms with Crippen molar-refractivity contribution in [3.05, 3.63) is 23.8 Å². The average Bonchev–Trinajstić information content (AvgIpc) is 2.41. The lowest BCUT2D eigenvalue weighted by atomic mass is 10.1. The fourth-order valence-electron chi connectivity index (χ4n) is 1.49. The standard InChI is InChI=1S/C12H15Cl3N2O3/c1-18-9-4-3-8(7-10(9)19-2)5-6-20-11(17-16)12(13,14)15/h3-4,7H,5-6,16H2,1-2H3. The highest BCUT2D eigenvalue weighted by atomic mass is 35.6. The Bertz CT molecular complexity index is 476. The number of nitrogens with zero attached hydrogens (tertiary/aromatic N) is 1. The Hall–Kier alpha value is -1.04. The Morgan fingerprint density at radius 1 is 1.20 bits per heavy atom. The average molecular weight is 342 g/mol. The molecule has 2 N–H and O–H groups in total. The van der Waals surface area contributed by atoms with E-state index in [2.05, 4.69) is 5.10 Å². The first-order chi connectivity index (χ1) is 9.42. The summed E-state index contributed by atoms with van der Waals surface area (Å²) in [4.78, 5) is 0. The van der Waals surface area contributed by atoms with Crippen LogP contribution in [0.5, 0.6) is 11.5 Å². The summed E-state index contributed by atoms with van der Waals surface area (Å²) >= 11 is 16.9. The molecule has 5 nitrogen and oxygen atoms in total. The van der Waals surface area contributed by atoms with E-state index in [9.17, 15) is 0 Å². The number of ether oxygens (including phenoxy) is 3. The third-order valence-corrected chi connectivity index (χ3v) is 2.92. The van der Waals surface area contributed by atoms with E-state index in [-0.39, 0.29) is 12.5 Å². The van der Waals surface area contributed by atoms with Crippen molar-refractivity contribution in [2.45, 2.75) is 10.2 Å². The quantitative estimate of drug-likeness (QED) is 0.294. The molecule has 1 aromatic carbocycles. The summed E-state index contributed by atoms with van der Waals surface area (Å²) in [6, 6.07) is 5.54. The number of halogens is 3. The summed E-state index contributed by atoms with van der Waals surface area (Å²) in [7, 11) is 3.14. The van der Waals surface area contributed by atoms with Crippen molar-refractivity contribution in [2.75, 3.05) is 20.8 Å². The molecule has 0 aliphatic carbocycles. The molecular weight excluding hydrogens is 327 g/mol. The highest BCUT2D eigenvalue weighted by Gasteiger charge is 2.30. The van der Waals surface area contributed by atoms with Crippen LogP contribution >= 0.6 is 34.8 Å². The van der Waals surface area contributed by atoms with Crippen LogP contribution in [0.1, 0.15) is 5.56 Å². The highest BCUT2D eigenvalue weighted by Crippen LogP contribution is 2.29. The number of hydrogen-bond donors (Lipinski definition) is 1. The molecule has 0 fully saturated rings. The van der Waals surface area contributed by atoms with Crippen LogP contribution < -0.4 is 15.3 Å². The van der Waals surface area contributed by atoms with Crippen LogP contribution in [0.2, 0.25) is 0 Å². The Balaban J connectivity index is 2.63. The Kier molecular flexibility index (Phi) is 6.52. The number of hydrazone groups is 1. The molecule has 1 rings (SSSR count). The first-order valence-corrected chi connectivity index (χ1v) is 6.74. The molecule has 0 heterocycles. The predicted molar refractivity (Wildman–Crippen MR) is 81.1 cm³/mol.